The molecule has 2 amide bonds. The number of pyridine rings is 1. The van der Waals surface area contributed by atoms with Crippen molar-refractivity contribution in [3.8, 4) is 0 Å². The topological polar surface area (TPSA) is 74.3 Å². The van der Waals surface area contributed by atoms with Gasteiger partial charge in [-0.15, -0.1) is 0 Å². The molecule has 1 aromatic rings. The van der Waals surface area contributed by atoms with Gasteiger partial charge in [0.15, 0.2) is 0 Å². The predicted molar refractivity (Wildman–Crippen MR) is 78.6 cm³/mol. The van der Waals surface area contributed by atoms with Gasteiger partial charge in [0.05, 0.1) is 6.54 Å². The number of nitrogens with one attached hydrogen (secondary N) is 2. The van der Waals surface area contributed by atoms with Crippen LogP contribution in [0.1, 0.15) is 31.3 Å². The number of amides is 2. The Morgan fingerprint density at radius 2 is 1.95 bits per heavy atom. The fraction of sp³-hybridized carbons (Fsp3) is 0.500. The molecule has 0 radical (unpaired) electrons. The Hall–Kier alpha value is -2.11. The Morgan fingerprint density at radius 1 is 1.30 bits per heavy atom. The van der Waals surface area contributed by atoms with Gasteiger partial charge in [-0.3, -0.25) is 14.6 Å². The zero-order chi connectivity index (χ0) is 15.3. The third-order valence-corrected chi connectivity index (χ3v) is 2.35. The van der Waals surface area contributed by atoms with E-state index in [0.29, 0.717) is 11.4 Å². The monoisotopic (exact) mass is 278 g/mol. The smallest absolute Gasteiger partial charge is 0.272 e. The highest BCUT2D eigenvalue weighted by molar-refractivity contribution is 5.93. The van der Waals surface area contributed by atoms with Gasteiger partial charge in [-0.25, -0.2) is 0 Å². The highest BCUT2D eigenvalue weighted by Crippen LogP contribution is 2.09. The molecule has 6 heteroatoms. The molecule has 0 aliphatic rings. The van der Waals surface area contributed by atoms with Crippen molar-refractivity contribution < 1.29 is 9.59 Å². The highest BCUT2D eigenvalue weighted by Gasteiger charge is 2.14. The van der Waals surface area contributed by atoms with E-state index in [1.54, 1.807) is 32.4 Å². The Morgan fingerprint density at radius 3 is 2.50 bits per heavy atom. The van der Waals surface area contributed by atoms with Crippen molar-refractivity contribution in [2.45, 2.75) is 26.3 Å². The van der Waals surface area contributed by atoms with Crippen LogP contribution in [0.5, 0.6) is 0 Å². The molecular formula is C14H22N4O2. The molecule has 0 bridgehead atoms. The first-order valence-corrected chi connectivity index (χ1v) is 6.41. The van der Waals surface area contributed by atoms with E-state index in [2.05, 4.69) is 15.6 Å². The summed E-state index contributed by atoms with van der Waals surface area (Å²) >= 11 is 0. The summed E-state index contributed by atoms with van der Waals surface area (Å²) in [6.45, 7) is 5.92. The molecule has 1 heterocycles. The number of hydrogen-bond acceptors (Lipinski definition) is 4. The van der Waals surface area contributed by atoms with Gasteiger partial charge in [0.1, 0.15) is 5.69 Å². The molecule has 0 aromatic carbocycles. The Labute approximate surface area is 119 Å². The fourth-order valence-electron chi connectivity index (χ4n) is 1.53. The van der Waals surface area contributed by atoms with Gasteiger partial charge in [0, 0.05) is 31.5 Å². The van der Waals surface area contributed by atoms with Crippen LogP contribution in [0.25, 0.3) is 0 Å². The maximum Gasteiger partial charge on any atom is 0.272 e. The lowest BCUT2D eigenvalue weighted by Gasteiger charge is -2.20. The number of anilines is 1. The number of aromatic nitrogens is 1. The number of nitrogens with zero attached hydrogens (tertiary/aromatic N) is 2. The summed E-state index contributed by atoms with van der Waals surface area (Å²) in [5, 5.41) is 5.83. The van der Waals surface area contributed by atoms with Crippen molar-refractivity contribution in [1.82, 2.24) is 15.2 Å². The van der Waals surface area contributed by atoms with Crippen molar-refractivity contribution in [3.63, 3.8) is 0 Å². The van der Waals surface area contributed by atoms with Gasteiger partial charge >= 0.3 is 0 Å². The van der Waals surface area contributed by atoms with E-state index in [0.717, 1.165) is 0 Å². The molecule has 0 aliphatic carbocycles. The van der Waals surface area contributed by atoms with Gasteiger partial charge in [-0.2, -0.15) is 0 Å². The number of hydrogen-bond donors (Lipinski definition) is 2. The summed E-state index contributed by atoms with van der Waals surface area (Å²) < 4.78 is 0. The number of rotatable bonds is 4. The highest BCUT2D eigenvalue weighted by atomic mass is 16.2. The van der Waals surface area contributed by atoms with Gasteiger partial charge in [0.2, 0.25) is 5.91 Å². The molecule has 1 rings (SSSR count). The Bertz CT molecular complexity index is 492. The van der Waals surface area contributed by atoms with Crippen LogP contribution in [-0.2, 0) is 4.79 Å². The SMILES string of the molecule is CN(C)C(=O)c1cc(NCC(=O)NC(C)(C)C)ccn1. The van der Waals surface area contributed by atoms with Gasteiger partial charge in [0.25, 0.3) is 5.91 Å². The van der Waals surface area contributed by atoms with Crippen LogP contribution in [0.2, 0.25) is 0 Å². The summed E-state index contributed by atoms with van der Waals surface area (Å²) in [6, 6.07) is 3.35. The maximum absolute atomic E-state index is 11.8. The third-order valence-electron chi connectivity index (χ3n) is 2.35. The molecule has 0 spiro atoms. The average molecular weight is 278 g/mol. The van der Waals surface area contributed by atoms with Crippen LogP contribution in [-0.4, -0.2) is 47.9 Å². The molecule has 0 aliphatic heterocycles. The normalized spacial score (nSPS) is 10.8. The van der Waals surface area contributed by atoms with E-state index in [4.69, 9.17) is 0 Å². The summed E-state index contributed by atoms with van der Waals surface area (Å²) in [6.07, 6.45) is 1.54. The van der Waals surface area contributed by atoms with E-state index in [9.17, 15) is 9.59 Å². The molecule has 0 unspecified atom stereocenters. The Balaban J connectivity index is 2.63. The molecule has 1 aromatic heterocycles. The van der Waals surface area contributed by atoms with E-state index in [1.807, 2.05) is 20.8 Å². The molecule has 0 saturated heterocycles. The van der Waals surface area contributed by atoms with Crippen molar-refractivity contribution in [1.29, 1.82) is 0 Å². The summed E-state index contributed by atoms with van der Waals surface area (Å²) in [5.41, 5.74) is 0.772. The molecule has 0 atom stereocenters. The number of carbonyl (C=O) groups is 2. The first-order valence-electron chi connectivity index (χ1n) is 6.41. The second kappa shape index (κ2) is 6.36. The first kappa shape index (κ1) is 15.9. The molecule has 0 fully saturated rings. The molecule has 6 nitrogen and oxygen atoms in total. The minimum absolute atomic E-state index is 0.102. The van der Waals surface area contributed by atoms with E-state index in [1.165, 1.54) is 4.90 Å². The lowest BCUT2D eigenvalue weighted by molar-refractivity contribution is -0.120. The lowest BCUT2D eigenvalue weighted by atomic mass is 10.1. The van der Waals surface area contributed by atoms with Crippen LogP contribution in [0.15, 0.2) is 18.3 Å². The van der Waals surface area contributed by atoms with Crippen molar-refractivity contribution in [3.05, 3.63) is 24.0 Å². The first-order chi connectivity index (χ1) is 9.19. The zero-order valence-corrected chi connectivity index (χ0v) is 12.7. The quantitative estimate of drug-likeness (QED) is 0.865. The fourth-order valence-corrected chi connectivity index (χ4v) is 1.53. The summed E-state index contributed by atoms with van der Waals surface area (Å²) in [5.74, 6) is -0.275. The van der Waals surface area contributed by atoms with E-state index < -0.39 is 0 Å². The Kier molecular flexibility index (Phi) is 5.07. The van der Waals surface area contributed by atoms with Gasteiger partial charge < -0.3 is 15.5 Å². The molecule has 0 saturated carbocycles. The van der Waals surface area contributed by atoms with Crippen molar-refractivity contribution in [2.75, 3.05) is 26.0 Å². The van der Waals surface area contributed by atoms with Crippen molar-refractivity contribution >= 4 is 17.5 Å². The second-order valence-electron chi connectivity index (χ2n) is 5.78. The van der Waals surface area contributed by atoms with E-state index in [-0.39, 0.29) is 23.9 Å². The largest absolute Gasteiger partial charge is 0.376 e. The van der Waals surface area contributed by atoms with Crippen LogP contribution in [0.3, 0.4) is 0 Å². The third kappa shape index (κ3) is 5.26. The van der Waals surface area contributed by atoms with Crippen LogP contribution < -0.4 is 10.6 Å². The average Bonchev–Trinajstić information content (AvgIpc) is 2.33. The standard InChI is InChI=1S/C14H22N4O2/c1-14(2,3)17-12(19)9-16-10-6-7-15-11(8-10)13(20)18(4)5/h6-8H,9H2,1-5H3,(H,15,16)(H,17,19). The minimum Gasteiger partial charge on any atom is -0.376 e. The predicted octanol–water partition coefficient (Wildman–Crippen LogP) is 1.11. The van der Waals surface area contributed by atoms with Crippen molar-refractivity contribution in [2.24, 2.45) is 0 Å². The van der Waals surface area contributed by atoms with Crippen LogP contribution in [0.4, 0.5) is 5.69 Å². The van der Waals surface area contributed by atoms with Gasteiger partial charge in [-0.1, -0.05) is 0 Å². The summed E-state index contributed by atoms with van der Waals surface area (Å²) in [7, 11) is 3.34. The summed E-state index contributed by atoms with van der Waals surface area (Å²) in [4.78, 5) is 28.9. The van der Waals surface area contributed by atoms with E-state index >= 15 is 0 Å². The van der Waals surface area contributed by atoms with Crippen LogP contribution in [0, 0.1) is 0 Å². The molecule has 110 valence electrons. The molecule has 2 N–H and O–H groups in total. The zero-order valence-electron chi connectivity index (χ0n) is 12.7. The second-order valence-corrected chi connectivity index (χ2v) is 5.78. The maximum atomic E-state index is 11.8. The molecule has 20 heavy (non-hydrogen) atoms. The van der Waals surface area contributed by atoms with Gasteiger partial charge in [-0.05, 0) is 32.9 Å². The molecular weight excluding hydrogens is 256 g/mol. The number of carbonyl (C=O) groups excluding carboxylic acids is 2. The van der Waals surface area contributed by atoms with Crippen LogP contribution >= 0.6 is 0 Å². The lowest BCUT2D eigenvalue weighted by Crippen LogP contribution is -2.43. The minimum atomic E-state index is -0.261.